The number of nitrogens with zero attached hydrogens (tertiary/aromatic N) is 2. The first-order valence-corrected chi connectivity index (χ1v) is 13.5. The van der Waals surface area contributed by atoms with Gasteiger partial charge in [0.2, 0.25) is 0 Å². The number of aryl methyl sites for hydroxylation is 2. The Morgan fingerprint density at radius 2 is 1.56 bits per heavy atom. The Morgan fingerprint density at radius 3 is 2.10 bits per heavy atom. The number of alkyl halides is 6. The van der Waals surface area contributed by atoms with Gasteiger partial charge in [-0.3, -0.25) is 9.80 Å². The average Bonchev–Trinajstić information content (AvgIpc) is 3.31. The third kappa shape index (κ3) is 6.56. The van der Waals surface area contributed by atoms with Gasteiger partial charge in [0.15, 0.2) is 0 Å². The number of rotatable bonds is 5. The molecule has 2 amide bonds. The summed E-state index contributed by atoms with van der Waals surface area (Å²) >= 11 is 0. The number of ether oxygens (including phenoxy) is 2. The average molecular weight is 587 g/mol. The topological polar surface area (TPSA) is 59.1 Å². The van der Waals surface area contributed by atoms with Crippen molar-refractivity contribution in [1.82, 2.24) is 4.90 Å². The molecule has 2 aliphatic rings. The van der Waals surface area contributed by atoms with Crippen LogP contribution in [0.2, 0.25) is 0 Å². The molecule has 0 aromatic heterocycles. The molecule has 224 valence electrons. The summed E-state index contributed by atoms with van der Waals surface area (Å²) in [4.78, 5) is 29.1. The molecule has 1 heterocycles. The molecular formula is C29H32F6N2O4. The monoisotopic (exact) mass is 586 g/mol. The van der Waals surface area contributed by atoms with Gasteiger partial charge in [-0.15, -0.1) is 0 Å². The largest absolute Gasteiger partial charge is 0.449 e. The molecule has 0 spiro atoms. The van der Waals surface area contributed by atoms with E-state index in [0.717, 1.165) is 35.3 Å². The van der Waals surface area contributed by atoms with Crippen LogP contribution in [-0.2, 0) is 41.2 Å². The molecule has 2 aromatic carbocycles. The molecule has 0 unspecified atom stereocenters. The number of hydrogen-bond donors (Lipinski definition) is 0. The molecule has 0 radical (unpaired) electrons. The molecule has 0 N–H and O–H groups in total. The minimum atomic E-state index is -5.04. The molecule has 0 saturated heterocycles. The zero-order chi connectivity index (χ0) is 30.3. The van der Waals surface area contributed by atoms with Gasteiger partial charge in [-0.05, 0) is 99.9 Å². The van der Waals surface area contributed by atoms with Crippen molar-refractivity contribution in [3.05, 3.63) is 63.7 Å². The van der Waals surface area contributed by atoms with Crippen LogP contribution in [-0.4, -0.2) is 35.8 Å². The van der Waals surface area contributed by atoms with Crippen LogP contribution in [0.5, 0.6) is 0 Å². The molecular weight excluding hydrogens is 554 g/mol. The Morgan fingerprint density at radius 1 is 0.976 bits per heavy atom. The predicted octanol–water partition coefficient (Wildman–Crippen LogP) is 8.06. The zero-order valence-corrected chi connectivity index (χ0v) is 23.2. The van der Waals surface area contributed by atoms with Crippen LogP contribution in [0.4, 0.5) is 41.6 Å². The minimum Gasteiger partial charge on any atom is -0.449 e. The van der Waals surface area contributed by atoms with Crippen molar-refractivity contribution in [1.29, 1.82) is 0 Å². The Hall–Kier alpha value is -3.44. The van der Waals surface area contributed by atoms with E-state index in [1.54, 1.807) is 27.7 Å². The highest BCUT2D eigenvalue weighted by Gasteiger charge is 2.42. The lowest BCUT2D eigenvalue weighted by atomic mass is 9.88. The molecule has 12 heteroatoms. The van der Waals surface area contributed by atoms with E-state index < -0.39 is 60.4 Å². The van der Waals surface area contributed by atoms with Gasteiger partial charge in [0.25, 0.3) is 0 Å². The summed E-state index contributed by atoms with van der Waals surface area (Å²) in [7, 11) is 0. The fraction of sp³-hybridized carbons (Fsp3) is 0.517. The smallest absolute Gasteiger partial charge is 0.416 e. The number of amides is 2. The Bertz CT molecular complexity index is 1280. The molecule has 0 fully saturated rings. The van der Waals surface area contributed by atoms with E-state index in [1.165, 1.54) is 4.90 Å². The van der Waals surface area contributed by atoms with Crippen molar-refractivity contribution in [3.63, 3.8) is 0 Å². The lowest BCUT2D eigenvalue weighted by Gasteiger charge is -2.43. The summed E-state index contributed by atoms with van der Waals surface area (Å²) in [5.74, 6) is 0. The Labute approximate surface area is 234 Å². The predicted molar refractivity (Wildman–Crippen MR) is 138 cm³/mol. The van der Waals surface area contributed by atoms with E-state index in [9.17, 15) is 35.9 Å². The van der Waals surface area contributed by atoms with Gasteiger partial charge < -0.3 is 9.47 Å². The normalized spacial score (nSPS) is 18.7. The molecule has 4 rings (SSSR count). The number of hydrogen-bond acceptors (Lipinski definition) is 4. The lowest BCUT2D eigenvalue weighted by Crippen LogP contribution is -2.48. The quantitative estimate of drug-likeness (QED) is 0.333. The van der Waals surface area contributed by atoms with Crippen LogP contribution >= 0.6 is 0 Å². The third-order valence-corrected chi connectivity index (χ3v) is 7.28. The van der Waals surface area contributed by atoms with Crippen molar-refractivity contribution >= 4 is 17.9 Å². The number of carbonyl (C=O) groups excluding carboxylic acids is 2. The second-order valence-electron chi connectivity index (χ2n) is 10.7. The summed E-state index contributed by atoms with van der Waals surface area (Å²) in [6.07, 6.45) is -9.54. The number of carbonyl (C=O) groups is 2. The maximum absolute atomic E-state index is 13.6. The third-order valence-electron chi connectivity index (χ3n) is 7.28. The second kappa shape index (κ2) is 11.4. The first-order valence-electron chi connectivity index (χ1n) is 13.5. The van der Waals surface area contributed by atoms with Gasteiger partial charge in [0.1, 0.15) is 0 Å². The second-order valence-corrected chi connectivity index (χ2v) is 10.7. The van der Waals surface area contributed by atoms with Crippen LogP contribution < -0.4 is 4.90 Å². The van der Waals surface area contributed by atoms with E-state index >= 15 is 0 Å². The van der Waals surface area contributed by atoms with E-state index in [2.05, 4.69) is 0 Å². The van der Waals surface area contributed by atoms with Gasteiger partial charge in [0, 0.05) is 12.6 Å². The maximum atomic E-state index is 13.6. The van der Waals surface area contributed by atoms with E-state index in [0.29, 0.717) is 23.4 Å². The summed E-state index contributed by atoms with van der Waals surface area (Å²) in [5.41, 5.74) is -0.184. The number of halogens is 6. The number of benzene rings is 2. The fourth-order valence-electron chi connectivity index (χ4n) is 5.54. The molecule has 1 aliphatic carbocycles. The highest BCUT2D eigenvalue weighted by atomic mass is 19.4. The standard InChI is InChI=1S/C29H32F6N2O4/c1-5-40-27(39)37-17(4)9-24(23-12-19-7-6-8-20(19)13-25(23)37)36(26(38)41-16(2)3)15-18-10-21(28(30,31)32)14-22(11-18)29(33,34)35/h10-14,16-17,24H,5-9,15H2,1-4H3/t17-,24+/m0/s1. The highest BCUT2D eigenvalue weighted by Crippen LogP contribution is 2.45. The van der Waals surface area contributed by atoms with Gasteiger partial charge in [0.05, 0.1) is 35.6 Å². The molecule has 6 nitrogen and oxygen atoms in total. The van der Waals surface area contributed by atoms with Crippen LogP contribution in [0.25, 0.3) is 0 Å². The summed E-state index contributed by atoms with van der Waals surface area (Å²) in [6.45, 7) is 6.16. The minimum absolute atomic E-state index is 0.0543. The molecule has 2 aromatic rings. The van der Waals surface area contributed by atoms with E-state index in [-0.39, 0.29) is 24.7 Å². The van der Waals surface area contributed by atoms with Gasteiger partial charge in [-0.25, -0.2) is 9.59 Å². The zero-order valence-electron chi connectivity index (χ0n) is 23.2. The molecule has 0 bridgehead atoms. The molecule has 2 atom stereocenters. The van der Waals surface area contributed by atoms with E-state index in [1.807, 2.05) is 12.1 Å². The molecule has 41 heavy (non-hydrogen) atoms. The van der Waals surface area contributed by atoms with Crippen molar-refractivity contribution in [2.75, 3.05) is 11.5 Å². The summed E-state index contributed by atoms with van der Waals surface area (Å²) in [5, 5.41) is 0. The highest BCUT2D eigenvalue weighted by molar-refractivity contribution is 5.91. The lowest BCUT2D eigenvalue weighted by molar-refractivity contribution is -0.143. The summed E-state index contributed by atoms with van der Waals surface area (Å²) in [6, 6.07) is 3.73. The summed E-state index contributed by atoms with van der Waals surface area (Å²) < 4.78 is 92.3. The SMILES string of the molecule is CCOC(=O)N1c2cc3c(cc2[C@H](N(Cc2cc(C(F)(F)F)cc(C(F)(F)F)c2)C(=O)OC(C)C)C[C@@H]1C)CCC3. The first-order chi connectivity index (χ1) is 19.1. The molecule has 1 aliphatic heterocycles. The fourth-order valence-corrected chi connectivity index (χ4v) is 5.54. The van der Waals surface area contributed by atoms with Gasteiger partial charge in [-0.1, -0.05) is 6.07 Å². The van der Waals surface area contributed by atoms with Crippen molar-refractivity contribution in [3.8, 4) is 0 Å². The number of fused-ring (bicyclic) bond motifs is 2. The number of anilines is 1. The van der Waals surface area contributed by atoms with Gasteiger partial charge in [-0.2, -0.15) is 26.3 Å². The van der Waals surface area contributed by atoms with Crippen LogP contribution in [0.1, 0.15) is 80.0 Å². The van der Waals surface area contributed by atoms with E-state index in [4.69, 9.17) is 9.47 Å². The molecule has 0 saturated carbocycles. The van der Waals surface area contributed by atoms with Crippen LogP contribution in [0.3, 0.4) is 0 Å². The van der Waals surface area contributed by atoms with Crippen LogP contribution in [0.15, 0.2) is 30.3 Å². The van der Waals surface area contributed by atoms with Crippen molar-refractivity contribution in [2.24, 2.45) is 0 Å². The Kier molecular flexibility index (Phi) is 8.52. The Balaban J connectivity index is 1.85. The maximum Gasteiger partial charge on any atom is 0.416 e. The van der Waals surface area contributed by atoms with Crippen molar-refractivity contribution in [2.45, 2.75) is 90.5 Å². The first kappa shape index (κ1) is 30.5. The van der Waals surface area contributed by atoms with Crippen molar-refractivity contribution < 1.29 is 45.4 Å². The van der Waals surface area contributed by atoms with Gasteiger partial charge >= 0.3 is 24.5 Å². The van der Waals surface area contributed by atoms with Crippen LogP contribution in [0, 0.1) is 0 Å².